The highest BCUT2D eigenvalue weighted by molar-refractivity contribution is 5.85. The van der Waals surface area contributed by atoms with E-state index in [9.17, 15) is 9.59 Å². The van der Waals surface area contributed by atoms with Gasteiger partial charge in [0.2, 0.25) is 0 Å². The maximum absolute atomic E-state index is 11.2. The maximum Gasteiger partial charge on any atom is 0.318 e. The summed E-state index contributed by atoms with van der Waals surface area (Å²) in [6, 6.07) is 7.09. The highest BCUT2D eigenvalue weighted by Crippen LogP contribution is 2.17. The molecule has 4 nitrogen and oxygen atoms in total. The third kappa shape index (κ3) is 3.42. The molecular weight excluding hydrogens is 196 g/mol. The minimum Gasteiger partial charge on any atom is -0.496 e. The molecule has 0 heterocycles. The number of para-hydroxylation sites is 1. The average Bonchev–Trinajstić information content (AvgIpc) is 2.17. The summed E-state index contributed by atoms with van der Waals surface area (Å²) in [5, 5.41) is 0. The Morgan fingerprint density at radius 3 is 2.53 bits per heavy atom. The first-order valence-electron chi connectivity index (χ1n) is 4.46. The minimum atomic E-state index is -0.602. The molecular formula is C11H12O4. The van der Waals surface area contributed by atoms with Crippen LogP contribution in [0.1, 0.15) is 12.5 Å². The number of hydrogen-bond donors (Lipinski definition) is 0. The normalized spacial score (nSPS) is 9.47. The molecule has 4 heteroatoms. The molecule has 0 saturated heterocycles. The lowest BCUT2D eigenvalue weighted by atomic mass is 10.1. The second-order valence-corrected chi connectivity index (χ2v) is 2.95. The van der Waals surface area contributed by atoms with Crippen LogP contribution in [0.4, 0.5) is 0 Å². The van der Waals surface area contributed by atoms with Crippen LogP contribution < -0.4 is 4.74 Å². The van der Waals surface area contributed by atoms with Gasteiger partial charge < -0.3 is 9.47 Å². The zero-order valence-electron chi connectivity index (χ0n) is 8.65. The van der Waals surface area contributed by atoms with Gasteiger partial charge in [0, 0.05) is 12.5 Å². The van der Waals surface area contributed by atoms with Gasteiger partial charge in [-0.2, -0.15) is 0 Å². The molecule has 0 aliphatic rings. The lowest BCUT2D eigenvalue weighted by Gasteiger charge is -2.06. The van der Waals surface area contributed by atoms with Crippen LogP contribution in [0, 0.1) is 0 Å². The second-order valence-electron chi connectivity index (χ2n) is 2.95. The van der Waals surface area contributed by atoms with Crippen LogP contribution in [0.2, 0.25) is 0 Å². The quantitative estimate of drug-likeness (QED) is 0.555. The summed E-state index contributed by atoms with van der Waals surface area (Å²) in [4.78, 5) is 21.7. The number of benzene rings is 1. The molecule has 0 aromatic heterocycles. The number of carbonyl (C=O) groups is 2. The first-order chi connectivity index (χ1) is 7.13. The monoisotopic (exact) mass is 208 g/mol. The summed E-state index contributed by atoms with van der Waals surface area (Å²) in [7, 11) is 1.52. The molecule has 0 radical (unpaired) electrons. The fourth-order valence-corrected chi connectivity index (χ4v) is 1.20. The molecule has 0 unspecified atom stereocenters. The predicted molar refractivity (Wildman–Crippen MR) is 53.5 cm³/mol. The highest BCUT2D eigenvalue weighted by Gasteiger charge is 2.10. The van der Waals surface area contributed by atoms with Gasteiger partial charge in [-0.1, -0.05) is 18.2 Å². The molecule has 80 valence electrons. The van der Waals surface area contributed by atoms with Crippen molar-refractivity contribution in [2.45, 2.75) is 13.3 Å². The minimum absolute atomic E-state index is 0.0313. The van der Waals surface area contributed by atoms with Crippen molar-refractivity contribution in [3.63, 3.8) is 0 Å². The molecule has 1 rings (SSSR count). The van der Waals surface area contributed by atoms with Crippen LogP contribution in [0.25, 0.3) is 0 Å². The number of esters is 2. The third-order valence-corrected chi connectivity index (χ3v) is 1.78. The Hall–Kier alpha value is -1.84. The van der Waals surface area contributed by atoms with E-state index < -0.39 is 11.9 Å². The zero-order chi connectivity index (χ0) is 11.3. The first-order valence-corrected chi connectivity index (χ1v) is 4.46. The van der Waals surface area contributed by atoms with Crippen molar-refractivity contribution in [2.75, 3.05) is 7.11 Å². The lowest BCUT2D eigenvalue weighted by molar-refractivity contribution is -0.157. The number of methoxy groups -OCH3 is 1. The van der Waals surface area contributed by atoms with Gasteiger partial charge in [0.05, 0.1) is 13.5 Å². The third-order valence-electron chi connectivity index (χ3n) is 1.78. The SMILES string of the molecule is COc1ccccc1CC(=O)OC(C)=O. The van der Waals surface area contributed by atoms with E-state index in [4.69, 9.17) is 4.74 Å². The number of ether oxygens (including phenoxy) is 2. The fourth-order valence-electron chi connectivity index (χ4n) is 1.20. The van der Waals surface area contributed by atoms with E-state index >= 15 is 0 Å². The van der Waals surface area contributed by atoms with Gasteiger partial charge in [0.1, 0.15) is 5.75 Å². The van der Waals surface area contributed by atoms with Crippen molar-refractivity contribution in [1.82, 2.24) is 0 Å². The Labute approximate surface area is 87.8 Å². The molecule has 0 aliphatic carbocycles. The first kappa shape index (κ1) is 11.2. The predicted octanol–water partition coefficient (Wildman–Crippen LogP) is 1.33. The van der Waals surface area contributed by atoms with E-state index in [0.717, 1.165) is 0 Å². The molecule has 15 heavy (non-hydrogen) atoms. The van der Waals surface area contributed by atoms with Crippen molar-refractivity contribution in [1.29, 1.82) is 0 Å². The Morgan fingerprint density at radius 1 is 1.27 bits per heavy atom. The molecule has 0 saturated carbocycles. The van der Waals surface area contributed by atoms with E-state index in [1.165, 1.54) is 14.0 Å². The average molecular weight is 208 g/mol. The molecule has 0 amide bonds. The Kier molecular flexibility index (Phi) is 3.85. The molecule has 0 atom stereocenters. The smallest absolute Gasteiger partial charge is 0.318 e. The van der Waals surface area contributed by atoms with E-state index in [2.05, 4.69) is 4.74 Å². The summed E-state index contributed by atoms with van der Waals surface area (Å²) in [5.74, 6) is -0.570. The van der Waals surface area contributed by atoms with Crippen LogP contribution in [0.3, 0.4) is 0 Å². The van der Waals surface area contributed by atoms with Gasteiger partial charge in [-0.3, -0.25) is 9.59 Å². The van der Waals surface area contributed by atoms with E-state index in [1.54, 1.807) is 24.3 Å². The standard InChI is InChI=1S/C11H12O4/c1-8(12)15-11(13)7-9-5-3-4-6-10(9)14-2/h3-6H,7H2,1-2H3. The van der Waals surface area contributed by atoms with Gasteiger partial charge in [-0.25, -0.2) is 0 Å². The fraction of sp³-hybridized carbons (Fsp3) is 0.273. The van der Waals surface area contributed by atoms with Crippen molar-refractivity contribution in [2.24, 2.45) is 0 Å². The Balaban J connectivity index is 2.71. The highest BCUT2D eigenvalue weighted by atomic mass is 16.6. The van der Waals surface area contributed by atoms with Crippen LogP contribution in [-0.2, 0) is 20.7 Å². The topological polar surface area (TPSA) is 52.6 Å². The van der Waals surface area contributed by atoms with Crippen molar-refractivity contribution in [3.05, 3.63) is 29.8 Å². The van der Waals surface area contributed by atoms with E-state index in [1.807, 2.05) is 0 Å². The van der Waals surface area contributed by atoms with Crippen LogP contribution in [0.15, 0.2) is 24.3 Å². The molecule has 0 aliphatic heterocycles. The summed E-state index contributed by atoms with van der Waals surface area (Å²) in [6.07, 6.45) is 0.0313. The number of hydrogen-bond acceptors (Lipinski definition) is 4. The molecule has 1 aromatic carbocycles. The van der Waals surface area contributed by atoms with Crippen LogP contribution in [-0.4, -0.2) is 19.0 Å². The largest absolute Gasteiger partial charge is 0.496 e. The van der Waals surface area contributed by atoms with E-state index in [-0.39, 0.29) is 6.42 Å². The molecule has 0 bridgehead atoms. The van der Waals surface area contributed by atoms with Gasteiger partial charge in [-0.15, -0.1) is 0 Å². The van der Waals surface area contributed by atoms with Gasteiger partial charge in [0.25, 0.3) is 0 Å². The van der Waals surface area contributed by atoms with Gasteiger partial charge in [0.15, 0.2) is 0 Å². The van der Waals surface area contributed by atoms with Crippen LogP contribution in [0.5, 0.6) is 5.75 Å². The van der Waals surface area contributed by atoms with E-state index in [0.29, 0.717) is 11.3 Å². The Morgan fingerprint density at radius 2 is 1.93 bits per heavy atom. The molecule has 0 spiro atoms. The summed E-state index contributed by atoms with van der Waals surface area (Å²) in [5.41, 5.74) is 0.700. The van der Waals surface area contributed by atoms with Crippen LogP contribution >= 0.6 is 0 Å². The van der Waals surface area contributed by atoms with Gasteiger partial charge in [-0.05, 0) is 6.07 Å². The molecule has 1 aromatic rings. The lowest BCUT2D eigenvalue weighted by Crippen LogP contribution is -2.12. The summed E-state index contributed by atoms with van der Waals surface area (Å²) >= 11 is 0. The van der Waals surface area contributed by atoms with Crippen molar-refractivity contribution >= 4 is 11.9 Å². The Bertz CT molecular complexity index is 371. The summed E-state index contributed by atoms with van der Waals surface area (Å²) < 4.78 is 9.48. The molecule has 0 N–H and O–H groups in total. The van der Waals surface area contributed by atoms with Gasteiger partial charge >= 0.3 is 11.9 Å². The number of carbonyl (C=O) groups excluding carboxylic acids is 2. The van der Waals surface area contributed by atoms with Crippen molar-refractivity contribution in [3.8, 4) is 5.75 Å². The van der Waals surface area contributed by atoms with Crippen molar-refractivity contribution < 1.29 is 19.1 Å². The second kappa shape index (κ2) is 5.14. The summed E-state index contributed by atoms with van der Waals surface area (Å²) in [6.45, 7) is 1.19. The zero-order valence-corrected chi connectivity index (χ0v) is 8.65. The number of rotatable bonds is 3. The maximum atomic E-state index is 11.2. The molecule has 0 fully saturated rings.